The highest BCUT2D eigenvalue weighted by Gasteiger charge is 2.16. The van der Waals surface area contributed by atoms with Crippen LogP contribution in [0.15, 0.2) is 29.2 Å². The highest BCUT2D eigenvalue weighted by atomic mass is 32.2. The van der Waals surface area contributed by atoms with E-state index >= 15 is 0 Å². The van der Waals surface area contributed by atoms with Gasteiger partial charge in [-0.05, 0) is 38.5 Å². The Morgan fingerprint density at radius 1 is 1.17 bits per heavy atom. The largest absolute Gasteiger partial charge is 0.461 e. The highest BCUT2D eigenvalue weighted by Crippen LogP contribution is 2.10. The van der Waals surface area contributed by atoms with Gasteiger partial charge in [-0.25, -0.2) is 18.4 Å². The SMILES string of the molecule is CC(C)(C)OC(=O)NCCC(=O)OCc1ccc(S(N)(=O)=O)cc1. The highest BCUT2D eigenvalue weighted by molar-refractivity contribution is 7.89. The van der Waals surface area contributed by atoms with Crippen molar-refractivity contribution in [3.8, 4) is 0 Å². The fraction of sp³-hybridized carbons (Fsp3) is 0.467. The van der Waals surface area contributed by atoms with Gasteiger partial charge in [-0.1, -0.05) is 12.1 Å². The molecule has 0 atom stereocenters. The number of carbonyl (C=O) groups excluding carboxylic acids is 2. The third-order valence-corrected chi connectivity index (χ3v) is 3.58. The van der Waals surface area contributed by atoms with Gasteiger partial charge >= 0.3 is 12.1 Å². The van der Waals surface area contributed by atoms with E-state index in [2.05, 4.69) is 5.32 Å². The number of amides is 1. The molecule has 0 aliphatic carbocycles. The van der Waals surface area contributed by atoms with Crippen LogP contribution in [-0.2, 0) is 30.9 Å². The number of esters is 1. The number of rotatable bonds is 6. The maximum absolute atomic E-state index is 11.6. The summed E-state index contributed by atoms with van der Waals surface area (Å²) in [6.07, 6.45) is -0.608. The number of carbonyl (C=O) groups is 2. The van der Waals surface area contributed by atoms with Crippen molar-refractivity contribution in [2.24, 2.45) is 5.14 Å². The second-order valence-corrected chi connectivity index (χ2v) is 7.59. The normalized spacial score (nSPS) is 11.7. The molecule has 3 N–H and O–H groups in total. The van der Waals surface area contributed by atoms with Crippen molar-refractivity contribution in [1.82, 2.24) is 5.32 Å². The minimum atomic E-state index is -3.74. The van der Waals surface area contributed by atoms with Gasteiger partial charge in [-0.15, -0.1) is 0 Å². The van der Waals surface area contributed by atoms with Crippen molar-refractivity contribution in [2.45, 2.75) is 44.3 Å². The van der Waals surface area contributed by atoms with E-state index in [0.717, 1.165) is 0 Å². The van der Waals surface area contributed by atoms with Gasteiger partial charge < -0.3 is 14.8 Å². The van der Waals surface area contributed by atoms with Crippen molar-refractivity contribution < 1.29 is 27.5 Å². The lowest BCUT2D eigenvalue weighted by Gasteiger charge is -2.19. The van der Waals surface area contributed by atoms with Gasteiger partial charge in [0, 0.05) is 6.54 Å². The standard InChI is InChI=1S/C15H22N2O6S/c1-15(2,3)23-14(19)17-9-8-13(18)22-10-11-4-6-12(7-5-11)24(16,20)21/h4-7H,8-10H2,1-3H3,(H,17,19)(H2,16,20,21). The number of benzene rings is 1. The lowest BCUT2D eigenvalue weighted by atomic mass is 10.2. The summed E-state index contributed by atoms with van der Waals surface area (Å²) in [4.78, 5) is 23.0. The van der Waals surface area contributed by atoms with Crippen molar-refractivity contribution in [2.75, 3.05) is 6.54 Å². The monoisotopic (exact) mass is 358 g/mol. The first-order valence-corrected chi connectivity index (χ1v) is 8.76. The number of nitrogens with one attached hydrogen (secondary N) is 1. The lowest BCUT2D eigenvalue weighted by molar-refractivity contribution is -0.144. The summed E-state index contributed by atoms with van der Waals surface area (Å²) in [7, 11) is -3.74. The first kappa shape index (κ1) is 19.9. The Balaban J connectivity index is 2.33. The molecule has 134 valence electrons. The molecule has 1 amide bonds. The molecule has 0 fully saturated rings. The molecule has 0 spiro atoms. The van der Waals surface area contributed by atoms with Crippen LogP contribution in [-0.4, -0.2) is 32.6 Å². The van der Waals surface area contributed by atoms with Gasteiger partial charge in [0.2, 0.25) is 10.0 Å². The van der Waals surface area contributed by atoms with Crippen LogP contribution in [0, 0.1) is 0 Å². The molecule has 0 bridgehead atoms. The summed E-state index contributed by atoms with van der Waals surface area (Å²) in [6.45, 7) is 5.31. The van der Waals surface area contributed by atoms with E-state index in [1.165, 1.54) is 24.3 Å². The van der Waals surface area contributed by atoms with E-state index in [1.807, 2.05) is 0 Å². The maximum Gasteiger partial charge on any atom is 0.407 e. The second kappa shape index (κ2) is 8.11. The quantitative estimate of drug-likeness (QED) is 0.738. The molecule has 0 aliphatic rings. The van der Waals surface area contributed by atoms with Gasteiger partial charge in [0.05, 0.1) is 11.3 Å². The van der Waals surface area contributed by atoms with Crippen LogP contribution < -0.4 is 10.5 Å². The van der Waals surface area contributed by atoms with E-state index in [4.69, 9.17) is 14.6 Å². The zero-order valence-corrected chi connectivity index (χ0v) is 14.7. The van der Waals surface area contributed by atoms with E-state index in [0.29, 0.717) is 5.56 Å². The van der Waals surface area contributed by atoms with E-state index < -0.39 is 27.7 Å². The topological polar surface area (TPSA) is 125 Å². The molecule has 0 radical (unpaired) electrons. The third-order valence-electron chi connectivity index (χ3n) is 2.65. The lowest BCUT2D eigenvalue weighted by Crippen LogP contribution is -2.33. The van der Waals surface area contributed by atoms with Crippen molar-refractivity contribution in [3.05, 3.63) is 29.8 Å². The van der Waals surface area contributed by atoms with Crippen LogP contribution in [0.5, 0.6) is 0 Å². The third kappa shape index (κ3) is 7.93. The summed E-state index contributed by atoms with van der Waals surface area (Å²) in [5, 5.41) is 7.44. The van der Waals surface area contributed by atoms with Crippen LogP contribution in [0.25, 0.3) is 0 Å². The second-order valence-electron chi connectivity index (χ2n) is 6.03. The van der Waals surface area contributed by atoms with Gasteiger partial charge in [-0.2, -0.15) is 0 Å². The molecule has 9 heteroatoms. The number of sulfonamides is 1. The number of alkyl carbamates (subject to hydrolysis) is 1. The smallest absolute Gasteiger partial charge is 0.407 e. The Morgan fingerprint density at radius 3 is 2.25 bits per heavy atom. The molecule has 0 aliphatic heterocycles. The Labute approximate surface area is 141 Å². The fourth-order valence-electron chi connectivity index (χ4n) is 1.59. The summed E-state index contributed by atoms with van der Waals surface area (Å²) in [5.41, 5.74) is 0.0178. The number of hydrogen-bond donors (Lipinski definition) is 2. The van der Waals surface area contributed by atoms with Gasteiger partial charge in [0.25, 0.3) is 0 Å². The minimum Gasteiger partial charge on any atom is -0.461 e. The molecule has 1 aromatic rings. The Kier molecular flexibility index (Phi) is 6.73. The molecule has 0 saturated carbocycles. The fourth-order valence-corrected chi connectivity index (χ4v) is 2.11. The Hall–Kier alpha value is -2.13. The average molecular weight is 358 g/mol. The number of hydrogen-bond acceptors (Lipinski definition) is 6. The van der Waals surface area contributed by atoms with E-state index in [-0.39, 0.29) is 24.5 Å². The number of ether oxygens (including phenoxy) is 2. The summed E-state index contributed by atoms with van der Waals surface area (Å²) in [6, 6.07) is 5.68. The predicted molar refractivity (Wildman–Crippen MR) is 86.5 cm³/mol. The zero-order valence-electron chi connectivity index (χ0n) is 13.9. The first-order chi connectivity index (χ1) is 11.0. The maximum atomic E-state index is 11.6. The zero-order chi connectivity index (χ0) is 18.4. The van der Waals surface area contributed by atoms with Crippen molar-refractivity contribution >= 4 is 22.1 Å². The Bertz CT molecular complexity index is 677. The average Bonchev–Trinajstić information content (AvgIpc) is 2.42. The van der Waals surface area contributed by atoms with Gasteiger partial charge in [-0.3, -0.25) is 4.79 Å². The Morgan fingerprint density at radius 2 is 1.75 bits per heavy atom. The summed E-state index contributed by atoms with van der Waals surface area (Å²) >= 11 is 0. The molecule has 1 aromatic carbocycles. The molecule has 0 aromatic heterocycles. The van der Waals surface area contributed by atoms with E-state index in [9.17, 15) is 18.0 Å². The molecule has 0 unspecified atom stereocenters. The molecule has 0 saturated heterocycles. The molecular formula is C15H22N2O6S. The van der Waals surface area contributed by atoms with Crippen molar-refractivity contribution in [1.29, 1.82) is 0 Å². The van der Waals surface area contributed by atoms with E-state index in [1.54, 1.807) is 20.8 Å². The minimum absolute atomic E-state index is 0.00380. The molecule has 24 heavy (non-hydrogen) atoms. The van der Waals surface area contributed by atoms with Gasteiger partial charge in [0.15, 0.2) is 0 Å². The van der Waals surface area contributed by atoms with Crippen LogP contribution in [0.4, 0.5) is 4.79 Å². The van der Waals surface area contributed by atoms with Crippen LogP contribution in [0.3, 0.4) is 0 Å². The van der Waals surface area contributed by atoms with Crippen LogP contribution in [0.2, 0.25) is 0 Å². The number of nitrogens with two attached hydrogens (primary N) is 1. The van der Waals surface area contributed by atoms with Crippen LogP contribution in [0.1, 0.15) is 32.8 Å². The van der Waals surface area contributed by atoms with Gasteiger partial charge in [0.1, 0.15) is 12.2 Å². The molecular weight excluding hydrogens is 336 g/mol. The first-order valence-electron chi connectivity index (χ1n) is 7.21. The van der Waals surface area contributed by atoms with Crippen molar-refractivity contribution in [3.63, 3.8) is 0 Å². The number of primary sulfonamides is 1. The molecule has 1 rings (SSSR count). The summed E-state index contributed by atoms with van der Waals surface area (Å²) in [5.74, 6) is -0.499. The predicted octanol–water partition coefficient (Wildman–Crippen LogP) is 1.29. The molecule has 8 nitrogen and oxygen atoms in total. The summed E-state index contributed by atoms with van der Waals surface area (Å²) < 4.78 is 32.3. The van der Waals surface area contributed by atoms with Crippen LogP contribution >= 0.6 is 0 Å². The molecule has 0 heterocycles.